The van der Waals surface area contributed by atoms with Gasteiger partial charge in [0.25, 0.3) is 0 Å². The minimum absolute atomic E-state index is 0.00913. The number of ether oxygens (including phenoxy) is 6. The van der Waals surface area contributed by atoms with Crippen molar-refractivity contribution in [3.63, 3.8) is 0 Å². The molecule has 0 heterocycles. The molecule has 1 rings (SSSR count). The lowest BCUT2D eigenvalue weighted by molar-refractivity contribution is -0.136. The van der Waals surface area contributed by atoms with Crippen molar-refractivity contribution >= 4 is 11.9 Å². The van der Waals surface area contributed by atoms with Gasteiger partial charge in [-0.3, -0.25) is 9.59 Å². The van der Waals surface area contributed by atoms with Crippen molar-refractivity contribution in [2.24, 2.45) is 5.11 Å². The Kier molecular flexibility index (Phi) is 18.1. The maximum absolute atomic E-state index is 13.5. The highest BCUT2D eigenvalue weighted by Crippen LogP contribution is 2.29. The Labute approximate surface area is 220 Å². The standard InChI is InChI=1S/C22H29F5N4O8/c23-17-18(24)20(26)22(21(27)19(17)25)39-16(33)2-6-35-10-9-34-5-1-15(32)29-3-7-36-11-13-38-14-12-37-8-4-30-31-28/h1-14H2,(H,29,32). The van der Waals surface area contributed by atoms with E-state index in [2.05, 4.69) is 20.1 Å². The minimum Gasteiger partial charge on any atom is -0.420 e. The Bertz CT molecular complexity index is 925. The van der Waals surface area contributed by atoms with E-state index in [9.17, 15) is 31.5 Å². The number of benzene rings is 1. The molecule has 0 fully saturated rings. The van der Waals surface area contributed by atoms with Gasteiger partial charge in [0.15, 0.2) is 0 Å². The van der Waals surface area contributed by atoms with E-state index in [1.54, 1.807) is 0 Å². The molecule has 0 radical (unpaired) electrons. The van der Waals surface area contributed by atoms with E-state index < -0.39 is 47.2 Å². The first-order chi connectivity index (χ1) is 18.8. The van der Waals surface area contributed by atoms with Crippen molar-refractivity contribution in [2.45, 2.75) is 12.8 Å². The molecular formula is C22H29F5N4O8. The van der Waals surface area contributed by atoms with Gasteiger partial charge in [0.1, 0.15) is 0 Å². The number of nitrogens with zero attached hydrogens (tertiary/aromatic N) is 3. The number of carbonyl (C=O) groups excluding carboxylic acids is 2. The Balaban J connectivity index is 1.95. The van der Waals surface area contributed by atoms with Crippen molar-refractivity contribution < 1.29 is 60.0 Å². The first-order valence-corrected chi connectivity index (χ1v) is 11.7. The topological polar surface area (TPSA) is 150 Å². The molecule has 220 valence electrons. The van der Waals surface area contributed by atoms with Crippen molar-refractivity contribution in [3.05, 3.63) is 39.5 Å². The van der Waals surface area contributed by atoms with E-state index in [0.717, 1.165) is 0 Å². The predicted molar refractivity (Wildman–Crippen MR) is 122 cm³/mol. The van der Waals surface area contributed by atoms with Crippen LogP contribution in [0, 0.1) is 29.1 Å². The highest BCUT2D eigenvalue weighted by atomic mass is 19.2. The van der Waals surface area contributed by atoms with E-state index >= 15 is 0 Å². The Morgan fingerprint density at radius 1 is 0.667 bits per heavy atom. The van der Waals surface area contributed by atoms with E-state index in [4.69, 9.17) is 29.2 Å². The molecule has 0 aliphatic heterocycles. The molecule has 17 heteroatoms. The first-order valence-electron chi connectivity index (χ1n) is 11.7. The maximum Gasteiger partial charge on any atom is 0.313 e. The molecule has 0 aliphatic rings. The molecule has 0 aliphatic carbocycles. The average molecular weight is 572 g/mol. The number of esters is 1. The van der Waals surface area contributed by atoms with Gasteiger partial charge in [-0.15, -0.1) is 0 Å². The fourth-order valence-corrected chi connectivity index (χ4v) is 2.52. The summed E-state index contributed by atoms with van der Waals surface area (Å²) in [6.45, 7) is 2.52. The van der Waals surface area contributed by atoms with Crippen LogP contribution in [0.15, 0.2) is 5.11 Å². The minimum atomic E-state index is -2.36. The summed E-state index contributed by atoms with van der Waals surface area (Å²) in [5.41, 5.74) is 8.09. The zero-order valence-corrected chi connectivity index (χ0v) is 20.9. The molecule has 12 nitrogen and oxygen atoms in total. The molecule has 1 aromatic rings. The number of rotatable bonds is 22. The lowest BCUT2D eigenvalue weighted by Gasteiger charge is -2.09. The van der Waals surface area contributed by atoms with Crippen LogP contribution in [0.2, 0.25) is 0 Å². The van der Waals surface area contributed by atoms with E-state index in [1.165, 1.54) is 0 Å². The number of hydrogen-bond acceptors (Lipinski definition) is 9. The largest absolute Gasteiger partial charge is 0.420 e. The summed E-state index contributed by atoms with van der Waals surface area (Å²) in [5, 5.41) is 5.96. The number of amides is 1. The van der Waals surface area contributed by atoms with Gasteiger partial charge < -0.3 is 33.7 Å². The van der Waals surface area contributed by atoms with Gasteiger partial charge >= 0.3 is 5.97 Å². The van der Waals surface area contributed by atoms with Crippen molar-refractivity contribution in [1.82, 2.24) is 5.32 Å². The number of halogens is 5. The molecule has 0 unspecified atom stereocenters. The highest BCUT2D eigenvalue weighted by Gasteiger charge is 2.28. The van der Waals surface area contributed by atoms with Gasteiger partial charge in [0.05, 0.1) is 72.5 Å². The van der Waals surface area contributed by atoms with Crippen molar-refractivity contribution in [1.29, 1.82) is 0 Å². The van der Waals surface area contributed by atoms with E-state index in [1.807, 2.05) is 0 Å². The van der Waals surface area contributed by atoms with Crippen molar-refractivity contribution in [2.75, 3.05) is 79.2 Å². The first kappa shape index (κ1) is 33.9. The molecule has 1 aromatic carbocycles. The van der Waals surface area contributed by atoms with Gasteiger partial charge in [-0.2, -0.15) is 8.78 Å². The van der Waals surface area contributed by atoms with Crippen LogP contribution < -0.4 is 10.1 Å². The summed E-state index contributed by atoms with van der Waals surface area (Å²) in [7, 11) is 0. The molecule has 39 heavy (non-hydrogen) atoms. The number of carbonyl (C=O) groups is 2. The van der Waals surface area contributed by atoms with E-state index in [-0.39, 0.29) is 45.3 Å². The molecule has 0 aromatic heterocycles. The zero-order valence-electron chi connectivity index (χ0n) is 20.9. The molecule has 0 spiro atoms. The van der Waals surface area contributed by atoms with Gasteiger partial charge in [-0.25, -0.2) is 13.2 Å². The second-order valence-corrected chi connectivity index (χ2v) is 7.24. The van der Waals surface area contributed by atoms with Gasteiger partial charge in [0, 0.05) is 24.4 Å². The van der Waals surface area contributed by atoms with Gasteiger partial charge in [0.2, 0.25) is 40.7 Å². The zero-order chi connectivity index (χ0) is 28.9. The summed E-state index contributed by atoms with van der Waals surface area (Å²) in [5.74, 6) is -14.5. The molecule has 1 amide bonds. The smallest absolute Gasteiger partial charge is 0.313 e. The van der Waals surface area contributed by atoms with Gasteiger partial charge in [-0.1, -0.05) is 5.11 Å². The molecule has 0 bridgehead atoms. The van der Waals surface area contributed by atoms with Crippen LogP contribution in [0.25, 0.3) is 10.4 Å². The summed E-state index contributed by atoms with van der Waals surface area (Å²) < 4.78 is 96.4. The fraction of sp³-hybridized carbons (Fsp3) is 0.636. The van der Waals surface area contributed by atoms with Crippen LogP contribution >= 0.6 is 0 Å². The SMILES string of the molecule is [N-]=[N+]=NCCOCCOCCOCCNC(=O)CCOCCOCCC(=O)Oc1c(F)c(F)c(F)c(F)c1F. The predicted octanol–water partition coefficient (Wildman–Crippen LogP) is 2.58. The maximum atomic E-state index is 13.5. The lowest BCUT2D eigenvalue weighted by Crippen LogP contribution is -2.28. The average Bonchev–Trinajstić information content (AvgIpc) is 2.92. The Hall–Kier alpha value is -3.08. The summed E-state index contributed by atoms with van der Waals surface area (Å²) in [6, 6.07) is 0. The summed E-state index contributed by atoms with van der Waals surface area (Å²) >= 11 is 0. The molecule has 0 saturated heterocycles. The monoisotopic (exact) mass is 572 g/mol. The number of azide groups is 1. The number of hydrogen-bond donors (Lipinski definition) is 1. The fourth-order valence-electron chi connectivity index (χ4n) is 2.52. The summed E-state index contributed by atoms with van der Waals surface area (Å²) in [6.07, 6.45) is -0.443. The van der Waals surface area contributed by atoms with Crippen LogP contribution in [0.1, 0.15) is 12.8 Å². The third kappa shape index (κ3) is 14.6. The van der Waals surface area contributed by atoms with Crippen LogP contribution in [-0.4, -0.2) is 91.0 Å². The van der Waals surface area contributed by atoms with Crippen LogP contribution in [0.3, 0.4) is 0 Å². The highest BCUT2D eigenvalue weighted by molar-refractivity contribution is 5.75. The lowest BCUT2D eigenvalue weighted by atomic mass is 10.2. The van der Waals surface area contributed by atoms with Gasteiger partial charge in [-0.05, 0) is 5.53 Å². The Morgan fingerprint density at radius 3 is 1.69 bits per heavy atom. The number of nitrogens with one attached hydrogen (secondary N) is 1. The molecule has 0 saturated carbocycles. The normalized spacial score (nSPS) is 10.8. The second-order valence-electron chi connectivity index (χ2n) is 7.24. The van der Waals surface area contributed by atoms with Crippen molar-refractivity contribution in [3.8, 4) is 5.75 Å². The second kappa shape index (κ2) is 20.8. The van der Waals surface area contributed by atoms with Crippen LogP contribution in [0.4, 0.5) is 22.0 Å². The Morgan fingerprint density at radius 2 is 1.13 bits per heavy atom. The third-order valence-corrected chi connectivity index (χ3v) is 4.39. The molecule has 0 atom stereocenters. The molecule has 1 N–H and O–H groups in total. The summed E-state index contributed by atoms with van der Waals surface area (Å²) in [4.78, 5) is 25.9. The van der Waals surface area contributed by atoms with Crippen LogP contribution in [0.5, 0.6) is 5.75 Å². The van der Waals surface area contributed by atoms with Crippen LogP contribution in [-0.2, 0) is 33.3 Å². The molecular weight excluding hydrogens is 543 g/mol. The van der Waals surface area contributed by atoms with E-state index in [0.29, 0.717) is 46.2 Å². The third-order valence-electron chi connectivity index (χ3n) is 4.39. The quantitative estimate of drug-likeness (QED) is 0.0256.